The highest BCUT2D eigenvalue weighted by molar-refractivity contribution is 5.79. The SMILES string of the molecule is CN=C(NC)NC(C)C1CCC1. The predicted octanol–water partition coefficient (Wildman–Crippen LogP) is 0.970. The number of guanidine groups is 1. The van der Waals surface area contributed by atoms with Gasteiger partial charge in [0, 0.05) is 20.1 Å². The van der Waals surface area contributed by atoms with Crippen LogP contribution in [0.2, 0.25) is 0 Å². The van der Waals surface area contributed by atoms with Gasteiger partial charge in [-0.15, -0.1) is 0 Å². The molecule has 1 atom stereocenters. The molecule has 2 N–H and O–H groups in total. The summed E-state index contributed by atoms with van der Waals surface area (Å²) in [5, 5.41) is 6.38. The monoisotopic (exact) mass is 169 g/mol. The Kier molecular flexibility index (Phi) is 3.38. The molecular weight excluding hydrogens is 150 g/mol. The fourth-order valence-corrected chi connectivity index (χ4v) is 1.52. The van der Waals surface area contributed by atoms with Crippen LogP contribution in [0.5, 0.6) is 0 Å². The van der Waals surface area contributed by atoms with Crippen molar-refractivity contribution in [2.24, 2.45) is 10.9 Å². The Morgan fingerprint density at radius 1 is 1.50 bits per heavy atom. The van der Waals surface area contributed by atoms with Crippen LogP contribution in [0.1, 0.15) is 26.2 Å². The molecule has 0 heterocycles. The van der Waals surface area contributed by atoms with Crippen LogP contribution in [-0.2, 0) is 0 Å². The lowest BCUT2D eigenvalue weighted by molar-refractivity contribution is 0.258. The third-order valence-electron chi connectivity index (χ3n) is 2.68. The average molecular weight is 169 g/mol. The Balaban J connectivity index is 2.28. The van der Waals surface area contributed by atoms with Crippen LogP contribution in [0.15, 0.2) is 4.99 Å². The molecule has 3 nitrogen and oxygen atoms in total. The minimum absolute atomic E-state index is 0.560. The molecule has 0 aromatic heterocycles. The molecule has 1 fully saturated rings. The zero-order valence-electron chi connectivity index (χ0n) is 8.22. The summed E-state index contributed by atoms with van der Waals surface area (Å²) in [4.78, 5) is 4.08. The second-order valence-electron chi connectivity index (χ2n) is 3.45. The molecule has 1 aliphatic rings. The Labute approximate surface area is 74.6 Å². The number of nitrogens with zero attached hydrogens (tertiary/aromatic N) is 1. The Bertz CT molecular complexity index is 161. The first kappa shape index (κ1) is 9.36. The highest BCUT2D eigenvalue weighted by Gasteiger charge is 2.23. The molecule has 0 aliphatic heterocycles. The molecule has 0 bridgehead atoms. The van der Waals surface area contributed by atoms with Crippen molar-refractivity contribution in [1.82, 2.24) is 10.6 Å². The van der Waals surface area contributed by atoms with Crippen LogP contribution in [0.25, 0.3) is 0 Å². The quantitative estimate of drug-likeness (QED) is 0.477. The van der Waals surface area contributed by atoms with Gasteiger partial charge in [-0.2, -0.15) is 0 Å². The molecule has 70 valence electrons. The lowest BCUT2D eigenvalue weighted by atomic mass is 9.80. The van der Waals surface area contributed by atoms with E-state index in [1.165, 1.54) is 19.3 Å². The van der Waals surface area contributed by atoms with Gasteiger partial charge < -0.3 is 10.6 Å². The van der Waals surface area contributed by atoms with Gasteiger partial charge in [-0.1, -0.05) is 6.42 Å². The third kappa shape index (κ3) is 2.13. The van der Waals surface area contributed by atoms with Crippen LogP contribution in [0.4, 0.5) is 0 Å². The standard InChI is InChI=1S/C9H19N3/c1-7(8-5-4-6-8)12-9(10-2)11-3/h7-8H,4-6H2,1-3H3,(H2,10,11,12). The van der Waals surface area contributed by atoms with Gasteiger partial charge in [0.05, 0.1) is 0 Å². The highest BCUT2D eigenvalue weighted by Crippen LogP contribution is 2.29. The Morgan fingerprint density at radius 2 is 2.17 bits per heavy atom. The molecule has 0 aromatic carbocycles. The van der Waals surface area contributed by atoms with E-state index in [9.17, 15) is 0 Å². The number of hydrogen-bond acceptors (Lipinski definition) is 1. The van der Waals surface area contributed by atoms with Crippen LogP contribution < -0.4 is 10.6 Å². The van der Waals surface area contributed by atoms with E-state index < -0.39 is 0 Å². The van der Waals surface area contributed by atoms with Crippen molar-refractivity contribution < 1.29 is 0 Å². The summed E-state index contributed by atoms with van der Waals surface area (Å²) in [6.45, 7) is 2.23. The minimum Gasteiger partial charge on any atom is -0.359 e. The highest BCUT2D eigenvalue weighted by atomic mass is 15.2. The molecule has 0 radical (unpaired) electrons. The van der Waals surface area contributed by atoms with E-state index in [1.54, 1.807) is 7.05 Å². The Hall–Kier alpha value is -0.730. The second kappa shape index (κ2) is 4.33. The van der Waals surface area contributed by atoms with E-state index in [2.05, 4.69) is 22.5 Å². The fourth-order valence-electron chi connectivity index (χ4n) is 1.52. The normalized spacial score (nSPS) is 21.4. The molecule has 1 rings (SSSR count). The van der Waals surface area contributed by atoms with Gasteiger partial charge in [0.25, 0.3) is 0 Å². The van der Waals surface area contributed by atoms with Crippen LogP contribution in [-0.4, -0.2) is 26.1 Å². The lowest BCUT2D eigenvalue weighted by Gasteiger charge is -2.32. The Morgan fingerprint density at radius 3 is 2.50 bits per heavy atom. The maximum atomic E-state index is 4.08. The van der Waals surface area contributed by atoms with Crippen molar-refractivity contribution in [3.05, 3.63) is 0 Å². The third-order valence-corrected chi connectivity index (χ3v) is 2.68. The first-order valence-electron chi connectivity index (χ1n) is 4.69. The number of rotatable bonds is 2. The second-order valence-corrected chi connectivity index (χ2v) is 3.45. The molecular formula is C9H19N3. The van der Waals surface area contributed by atoms with Gasteiger partial charge >= 0.3 is 0 Å². The van der Waals surface area contributed by atoms with Crippen LogP contribution >= 0.6 is 0 Å². The number of hydrogen-bond donors (Lipinski definition) is 2. The van der Waals surface area contributed by atoms with Crippen LogP contribution in [0.3, 0.4) is 0 Å². The van der Waals surface area contributed by atoms with E-state index in [1.807, 2.05) is 7.05 Å². The summed E-state index contributed by atoms with van der Waals surface area (Å²) in [7, 11) is 3.69. The van der Waals surface area contributed by atoms with Crippen molar-refractivity contribution >= 4 is 5.96 Å². The van der Waals surface area contributed by atoms with Crippen LogP contribution in [0, 0.1) is 5.92 Å². The molecule has 1 unspecified atom stereocenters. The molecule has 0 spiro atoms. The van der Waals surface area contributed by atoms with E-state index in [0.29, 0.717) is 6.04 Å². The average Bonchev–Trinajstić information content (AvgIpc) is 1.96. The lowest BCUT2D eigenvalue weighted by Crippen LogP contribution is -2.45. The topological polar surface area (TPSA) is 36.4 Å². The first-order chi connectivity index (χ1) is 5.77. The molecule has 3 heteroatoms. The smallest absolute Gasteiger partial charge is 0.190 e. The maximum Gasteiger partial charge on any atom is 0.190 e. The van der Waals surface area contributed by atoms with Crippen molar-refractivity contribution in [3.63, 3.8) is 0 Å². The van der Waals surface area contributed by atoms with E-state index in [0.717, 1.165) is 11.9 Å². The molecule has 12 heavy (non-hydrogen) atoms. The molecule has 0 saturated heterocycles. The largest absolute Gasteiger partial charge is 0.359 e. The zero-order valence-corrected chi connectivity index (χ0v) is 8.22. The molecule has 0 aromatic rings. The molecule has 0 amide bonds. The maximum absolute atomic E-state index is 4.08. The number of aliphatic imine (C=N–C) groups is 1. The van der Waals surface area contributed by atoms with Crippen molar-refractivity contribution in [3.8, 4) is 0 Å². The predicted molar refractivity (Wildman–Crippen MR) is 52.4 cm³/mol. The van der Waals surface area contributed by atoms with E-state index in [-0.39, 0.29) is 0 Å². The summed E-state index contributed by atoms with van der Waals surface area (Å²) in [6.07, 6.45) is 4.14. The van der Waals surface area contributed by atoms with Gasteiger partial charge in [0.1, 0.15) is 0 Å². The van der Waals surface area contributed by atoms with Gasteiger partial charge in [-0.3, -0.25) is 4.99 Å². The van der Waals surface area contributed by atoms with Crippen molar-refractivity contribution in [2.45, 2.75) is 32.2 Å². The summed E-state index contributed by atoms with van der Waals surface area (Å²) in [5.74, 6) is 1.75. The van der Waals surface area contributed by atoms with Gasteiger partial charge in [0.2, 0.25) is 0 Å². The molecule has 1 aliphatic carbocycles. The zero-order chi connectivity index (χ0) is 8.97. The summed E-state index contributed by atoms with van der Waals surface area (Å²) >= 11 is 0. The van der Waals surface area contributed by atoms with Crippen molar-refractivity contribution in [2.75, 3.05) is 14.1 Å². The van der Waals surface area contributed by atoms with E-state index in [4.69, 9.17) is 0 Å². The van der Waals surface area contributed by atoms with Gasteiger partial charge in [0.15, 0.2) is 5.96 Å². The fraction of sp³-hybridized carbons (Fsp3) is 0.889. The summed E-state index contributed by atoms with van der Waals surface area (Å²) < 4.78 is 0. The minimum atomic E-state index is 0.560. The van der Waals surface area contributed by atoms with Gasteiger partial charge in [-0.25, -0.2) is 0 Å². The molecule has 1 saturated carbocycles. The van der Waals surface area contributed by atoms with Gasteiger partial charge in [-0.05, 0) is 25.7 Å². The summed E-state index contributed by atoms with van der Waals surface area (Å²) in [5.41, 5.74) is 0. The first-order valence-corrected chi connectivity index (χ1v) is 4.69. The summed E-state index contributed by atoms with van der Waals surface area (Å²) in [6, 6.07) is 0.560. The van der Waals surface area contributed by atoms with E-state index >= 15 is 0 Å². The number of nitrogens with one attached hydrogen (secondary N) is 2. The van der Waals surface area contributed by atoms with Crippen molar-refractivity contribution in [1.29, 1.82) is 0 Å².